The van der Waals surface area contributed by atoms with Gasteiger partial charge in [-0.05, 0) is 64.7 Å². The van der Waals surface area contributed by atoms with E-state index in [-0.39, 0.29) is 24.1 Å². The lowest BCUT2D eigenvalue weighted by Gasteiger charge is -2.32. The third kappa shape index (κ3) is 3.71. The Bertz CT molecular complexity index is 506. The van der Waals surface area contributed by atoms with Crippen molar-refractivity contribution in [2.45, 2.75) is 58.1 Å². The van der Waals surface area contributed by atoms with Gasteiger partial charge in [-0.3, -0.25) is 4.79 Å². The Labute approximate surface area is 133 Å². The minimum atomic E-state index is -0.308. The highest BCUT2D eigenvalue weighted by molar-refractivity contribution is 6.45. The minimum Gasteiger partial charge on any atom is -0.497 e. The summed E-state index contributed by atoms with van der Waals surface area (Å²) in [5.74, 6) is 0.896. The van der Waals surface area contributed by atoms with Crippen LogP contribution in [0.3, 0.4) is 0 Å². The minimum absolute atomic E-state index is 0.138. The average Bonchev–Trinajstić information content (AvgIpc) is 2.66. The quantitative estimate of drug-likeness (QED) is 0.593. The molecule has 22 heavy (non-hydrogen) atoms. The molecule has 120 valence electrons. The molecule has 2 rings (SSSR count). The summed E-state index contributed by atoms with van der Waals surface area (Å²) in [5.41, 5.74) is 0.102. The molecule has 0 bridgehead atoms. The standard InChI is InChI=1S/C17H25BO4/c1-16(2)17(3,4)22-18(21-16)12-6-7-15(19)13-8-10-14(20-5)11-9-13/h8-11H,6-7,12H2,1-5H3. The van der Waals surface area contributed by atoms with Crippen LogP contribution in [0.25, 0.3) is 0 Å². The Kier molecular flexibility index (Phi) is 4.98. The fraction of sp³-hybridized carbons (Fsp3) is 0.588. The number of hydrogen-bond donors (Lipinski definition) is 0. The molecular weight excluding hydrogens is 279 g/mol. The van der Waals surface area contributed by atoms with Crippen LogP contribution in [-0.4, -0.2) is 31.2 Å². The summed E-state index contributed by atoms with van der Waals surface area (Å²) in [6.07, 6.45) is 1.98. The van der Waals surface area contributed by atoms with Gasteiger partial charge in [-0.1, -0.05) is 0 Å². The van der Waals surface area contributed by atoms with E-state index in [4.69, 9.17) is 14.0 Å². The van der Waals surface area contributed by atoms with Gasteiger partial charge in [-0.15, -0.1) is 0 Å². The first kappa shape index (κ1) is 17.0. The van der Waals surface area contributed by atoms with Crippen molar-refractivity contribution in [3.05, 3.63) is 29.8 Å². The van der Waals surface area contributed by atoms with Crippen LogP contribution >= 0.6 is 0 Å². The molecule has 0 radical (unpaired) electrons. The van der Waals surface area contributed by atoms with Crippen molar-refractivity contribution in [3.63, 3.8) is 0 Å². The number of rotatable bonds is 6. The van der Waals surface area contributed by atoms with Crippen molar-refractivity contribution < 1.29 is 18.8 Å². The highest BCUT2D eigenvalue weighted by atomic mass is 16.7. The molecule has 0 aliphatic carbocycles. The molecule has 0 spiro atoms. The van der Waals surface area contributed by atoms with E-state index >= 15 is 0 Å². The van der Waals surface area contributed by atoms with E-state index < -0.39 is 0 Å². The van der Waals surface area contributed by atoms with Crippen molar-refractivity contribution in [2.24, 2.45) is 0 Å². The lowest BCUT2D eigenvalue weighted by Crippen LogP contribution is -2.41. The SMILES string of the molecule is COc1ccc(C(=O)CCCB2OC(C)(C)C(C)(C)O2)cc1. The Morgan fingerprint density at radius 1 is 1.09 bits per heavy atom. The van der Waals surface area contributed by atoms with Crippen LogP contribution in [0, 0.1) is 0 Å². The zero-order valence-electron chi connectivity index (χ0n) is 14.1. The number of ether oxygens (including phenoxy) is 1. The fourth-order valence-corrected chi connectivity index (χ4v) is 2.43. The zero-order valence-corrected chi connectivity index (χ0v) is 14.1. The largest absolute Gasteiger partial charge is 0.497 e. The predicted molar refractivity (Wildman–Crippen MR) is 87.4 cm³/mol. The monoisotopic (exact) mass is 304 g/mol. The van der Waals surface area contributed by atoms with Gasteiger partial charge >= 0.3 is 7.12 Å². The van der Waals surface area contributed by atoms with Crippen LogP contribution in [0.5, 0.6) is 5.75 Å². The molecule has 0 atom stereocenters. The predicted octanol–water partition coefficient (Wildman–Crippen LogP) is 3.75. The first-order valence-corrected chi connectivity index (χ1v) is 7.78. The Morgan fingerprint density at radius 3 is 2.14 bits per heavy atom. The van der Waals surface area contributed by atoms with Crippen LogP contribution in [0.15, 0.2) is 24.3 Å². The second-order valence-electron chi connectivity index (χ2n) is 6.73. The van der Waals surface area contributed by atoms with Crippen molar-refractivity contribution in [3.8, 4) is 5.75 Å². The maximum absolute atomic E-state index is 12.2. The van der Waals surface area contributed by atoms with Gasteiger partial charge in [0.15, 0.2) is 5.78 Å². The molecular formula is C17H25BO4. The maximum atomic E-state index is 12.2. The molecule has 1 fully saturated rings. The van der Waals surface area contributed by atoms with Gasteiger partial charge in [0, 0.05) is 12.0 Å². The van der Waals surface area contributed by atoms with Crippen molar-refractivity contribution in [2.75, 3.05) is 7.11 Å². The maximum Gasteiger partial charge on any atom is 0.457 e. The van der Waals surface area contributed by atoms with Gasteiger partial charge in [0.1, 0.15) is 5.75 Å². The van der Waals surface area contributed by atoms with Crippen LogP contribution in [-0.2, 0) is 9.31 Å². The summed E-state index contributed by atoms with van der Waals surface area (Å²) in [4.78, 5) is 12.2. The zero-order chi connectivity index (χ0) is 16.4. The number of methoxy groups -OCH3 is 1. The van der Waals surface area contributed by atoms with Crippen LogP contribution in [0.2, 0.25) is 6.32 Å². The molecule has 1 heterocycles. The molecule has 1 aliphatic heterocycles. The summed E-state index contributed by atoms with van der Waals surface area (Å²) < 4.78 is 17.0. The number of Topliss-reactive ketones (excluding diaryl/α,β-unsaturated/α-hetero) is 1. The fourth-order valence-electron chi connectivity index (χ4n) is 2.43. The third-order valence-electron chi connectivity index (χ3n) is 4.56. The van der Waals surface area contributed by atoms with E-state index in [0.717, 1.165) is 24.1 Å². The van der Waals surface area contributed by atoms with E-state index in [0.29, 0.717) is 6.42 Å². The van der Waals surface area contributed by atoms with Gasteiger partial charge in [0.25, 0.3) is 0 Å². The molecule has 1 aliphatic rings. The van der Waals surface area contributed by atoms with Crippen LogP contribution in [0.4, 0.5) is 0 Å². The summed E-state index contributed by atoms with van der Waals surface area (Å²) in [7, 11) is 1.38. The Morgan fingerprint density at radius 2 is 1.64 bits per heavy atom. The van der Waals surface area contributed by atoms with Gasteiger partial charge in [0.2, 0.25) is 0 Å². The molecule has 0 unspecified atom stereocenters. The van der Waals surface area contributed by atoms with Crippen molar-refractivity contribution >= 4 is 12.9 Å². The smallest absolute Gasteiger partial charge is 0.457 e. The second-order valence-corrected chi connectivity index (χ2v) is 6.73. The molecule has 1 aromatic rings. The molecule has 4 nitrogen and oxygen atoms in total. The molecule has 1 aromatic carbocycles. The molecule has 0 aromatic heterocycles. The van der Waals surface area contributed by atoms with E-state index in [1.54, 1.807) is 19.2 Å². The van der Waals surface area contributed by atoms with Gasteiger partial charge < -0.3 is 14.0 Å². The number of ketones is 1. The lowest BCUT2D eigenvalue weighted by molar-refractivity contribution is 0.00578. The average molecular weight is 304 g/mol. The van der Waals surface area contributed by atoms with E-state index in [2.05, 4.69) is 0 Å². The van der Waals surface area contributed by atoms with E-state index in [9.17, 15) is 4.79 Å². The Balaban J connectivity index is 1.80. The molecule has 0 amide bonds. The highest BCUT2D eigenvalue weighted by Crippen LogP contribution is 2.38. The number of carbonyl (C=O) groups excluding carboxylic acids is 1. The molecule has 5 heteroatoms. The summed E-state index contributed by atoms with van der Waals surface area (Å²) >= 11 is 0. The second kappa shape index (κ2) is 6.43. The molecule has 0 saturated carbocycles. The topological polar surface area (TPSA) is 44.8 Å². The van der Waals surface area contributed by atoms with Crippen molar-refractivity contribution in [1.82, 2.24) is 0 Å². The van der Waals surface area contributed by atoms with Crippen LogP contribution in [0.1, 0.15) is 50.9 Å². The molecule has 1 saturated heterocycles. The number of benzene rings is 1. The lowest BCUT2D eigenvalue weighted by atomic mass is 9.82. The first-order valence-electron chi connectivity index (χ1n) is 7.78. The van der Waals surface area contributed by atoms with E-state index in [1.165, 1.54) is 0 Å². The van der Waals surface area contributed by atoms with Crippen LogP contribution < -0.4 is 4.74 Å². The first-order chi connectivity index (χ1) is 10.2. The molecule has 0 N–H and O–H groups in total. The Hall–Kier alpha value is -1.33. The van der Waals surface area contributed by atoms with Crippen molar-refractivity contribution in [1.29, 1.82) is 0 Å². The van der Waals surface area contributed by atoms with Gasteiger partial charge in [-0.25, -0.2) is 0 Å². The highest BCUT2D eigenvalue weighted by Gasteiger charge is 2.50. The summed E-state index contributed by atoms with van der Waals surface area (Å²) in [6.45, 7) is 8.15. The van der Waals surface area contributed by atoms with E-state index in [1.807, 2.05) is 39.8 Å². The van der Waals surface area contributed by atoms with Gasteiger partial charge in [0.05, 0.1) is 18.3 Å². The third-order valence-corrected chi connectivity index (χ3v) is 4.56. The summed E-state index contributed by atoms with van der Waals surface area (Å²) in [5, 5.41) is 0. The van der Waals surface area contributed by atoms with Gasteiger partial charge in [-0.2, -0.15) is 0 Å². The normalized spacial score (nSPS) is 19.2. The summed E-state index contributed by atoms with van der Waals surface area (Å²) in [6, 6.07) is 7.22. The number of carbonyl (C=O) groups is 1. The number of hydrogen-bond acceptors (Lipinski definition) is 4.